The van der Waals surface area contributed by atoms with Crippen LogP contribution in [0.5, 0.6) is 0 Å². The van der Waals surface area contributed by atoms with Gasteiger partial charge in [-0.2, -0.15) is 0 Å². The van der Waals surface area contributed by atoms with Crippen molar-refractivity contribution in [3.63, 3.8) is 0 Å². The van der Waals surface area contributed by atoms with Crippen molar-refractivity contribution in [3.8, 4) is 0 Å². The van der Waals surface area contributed by atoms with Gasteiger partial charge in [0.25, 0.3) is 5.91 Å². The lowest BCUT2D eigenvalue weighted by atomic mass is 10.2. The first kappa shape index (κ1) is 13.6. The number of benzene rings is 1. The van der Waals surface area contributed by atoms with Crippen LogP contribution in [-0.4, -0.2) is 10.5 Å². The molecule has 1 N–H and O–H groups in total. The number of hydrogen-bond acceptors (Lipinski definition) is 1. The SMILES string of the molecule is CCn1cccc1C(=O)NCc1c(F)cccc1Cl. The maximum absolute atomic E-state index is 13.5. The fourth-order valence-corrected chi connectivity index (χ4v) is 2.09. The zero-order chi connectivity index (χ0) is 13.8. The third-order valence-electron chi connectivity index (χ3n) is 2.89. The first-order valence-corrected chi connectivity index (χ1v) is 6.37. The monoisotopic (exact) mass is 280 g/mol. The second-order valence-electron chi connectivity index (χ2n) is 4.06. The van der Waals surface area contributed by atoms with Crippen LogP contribution in [0.25, 0.3) is 0 Å². The Labute approximate surface area is 116 Å². The van der Waals surface area contributed by atoms with E-state index in [4.69, 9.17) is 11.6 Å². The molecule has 0 atom stereocenters. The van der Waals surface area contributed by atoms with Gasteiger partial charge < -0.3 is 9.88 Å². The minimum atomic E-state index is -0.418. The van der Waals surface area contributed by atoms with Crippen molar-refractivity contribution in [1.82, 2.24) is 9.88 Å². The highest BCUT2D eigenvalue weighted by Crippen LogP contribution is 2.18. The Morgan fingerprint density at radius 1 is 1.37 bits per heavy atom. The van der Waals surface area contributed by atoms with Crippen molar-refractivity contribution in [2.24, 2.45) is 0 Å². The van der Waals surface area contributed by atoms with E-state index in [2.05, 4.69) is 5.32 Å². The van der Waals surface area contributed by atoms with Gasteiger partial charge in [-0.15, -0.1) is 0 Å². The van der Waals surface area contributed by atoms with Crippen LogP contribution >= 0.6 is 11.6 Å². The zero-order valence-corrected chi connectivity index (χ0v) is 11.2. The highest BCUT2D eigenvalue weighted by molar-refractivity contribution is 6.31. The summed E-state index contributed by atoms with van der Waals surface area (Å²) in [5.74, 6) is -0.662. The lowest BCUT2D eigenvalue weighted by molar-refractivity contribution is 0.0941. The molecule has 3 nitrogen and oxygen atoms in total. The minimum Gasteiger partial charge on any atom is -0.347 e. The maximum Gasteiger partial charge on any atom is 0.268 e. The summed E-state index contributed by atoms with van der Waals surface area (Å²) in [6, 6.07) is 7.98. The zero-order valence-electron chi connectivity index (χ0n) is 10.5. The molecule has 0 spiro atoms. The number of rotatable bonds is 4. The van der Waals surface area contributed by atoms with Gasteiger partial charge >= 0.3 is 0 Å². The van der Waals surface area contributed by atoms with Gasteiger partial charge in [0.15, 0.2) is 0 Å². The lowest BCUT2D eigenvalue weighted by Gasteiger charge is -2.09. The predicted octanol–water partition coefficient (Wildman–Crippen LogP) is 3.23. The number of amides is 1. The largest absolute Gasteiger partial charge is 0.347 e. The highest BCUT2D eigenvalue weighted by Gasteiger charge is 2.12. The summed E-state index contributed by atoms with van der Waals surface area (Å²) in [4.78, 5) is 12.0. The number of nitrogens with zero attached hydrogens (tertiary/aromatic N) is 1. The Balaban J connectivity index is 2.09. The second-order valence-corrected chi connectivity index (χ2v) is 4.47. The van der Waals surface area contributed by atoms with Gasteiger partial charge in [0.1, 0.15) is 11.5 Å². The summed E-state index contributed by atoms with van der Waals surface area (Å²) in [7, 11) is 0. The lowest BCUT2D eigenvalue weighted by Crippen LogP contribution is -2.25. The summed E-state index contributed by atoms with van der Waals surface area (Å²) in [5.41, 5.74) is 0.849. The van der Waals surface area contributed by atoms with E-state index in [1.807, 2.05) is 17.7 Å². The van der Waals surface area contributed by atoms with Gasteiger partial charge in [0.2, 0.25) is 0 Å². The molecule has 2 aromatic rings. The van der Waals surface area contributed by atoms with E-state index in [1.165, 1.54) is 12.1 Å². The molecule has 0 unspecified atom stereocenters. The van der Waals surface area contributed by atoms with E-state index in [-0.39, 0.29) is 12.5 Å². The molecule has 0 bridgehead atoms. The molecule has 0 fully saturated rings. The topological polar surface area (TPSA) is 34.0 Å². The average Bonchev–Trinajstić information content (AvgIpc) is 2.86. The third-order valence-corrected chi connectivity index (χ3v) is 3.24. The van der Waals surface area contributed by atoms with E-state index in [1.54, 1.807) is 18.2 Å². The number of nitrogens with one attached hydrogen (secondary N) is 1. The molecule has 0 aliphatic rings. The summed E-state index contributed by atoms with van der Waals surface area (Å²) < 4.78 is 15.4. The van der Waals surface area contributed by atoms with Gasteiger partial charge in [-0.25, -0.2) is 4.39 Å². The van der Waals surface area contributed by atoms with Gasteiger partial charge in [0.05, 0.1) is 0 Å². The van der Waals surface area contributed by atoms with Gasteiger partial charge in [-0.1, -0.05) is 17.7 Å². The number of halogens is 2. The molecule has 1 heterocycles. The Morgan fingerprint density at radius 2 is 2.16 bits per heavy atom. The quantitative estimate of drug-likeness (QED) is 0.917. The minimum absolute atomic E-state index is 0.0687. The number of aryl methyl sites for hydroxylation is 1. The average molecular weight is 281 g/mol. The number of carbonyl (C=O) groups is 1. The molecule has 1 aromatic heterocycles. The van der Waals surface area contributed by atoms with Crippen LogP contribution in [0.15, 0.2) is 36.5 Å². The third kappa shape index (κ3) is 2.96. The first-order chi connectivity index (χ1) is 9.13. The van der Waals surface area contributed by atoms with Crippen molar-refractivity contribution in [2.45, 2.75) is 20.0 Å². The Morgan fingerprint density at radius 3 is 2.84 bits per heavy atom. The number of aromatic nitrogens is 1. The van der Waals surface area contributed by atoms with E-state index in [0.29, 0.717) is 22.8 Å². The maximum atomic E-state index is 13.5. The van der Waals surface area contributed by atoms with Crippen LogP contribution in [-0.2, 0) is 13.1 Å². The fraction of sp³-hybridized carbons (Fsp3) is 0.214. The van der Waals surface area contributed by atoms with Crippen LogP contribution in [0.1, 0.15) is 23.0 Å². The van der Waals surface area contributed by atoms with Crippen LogP contribution in [0.2, 0.25) is 5.02 Å². The normalized spacial score (nSPS) is 10.5. The molecular weight excluding hydrogens is 267 g/mol. The summed E-state index contributed by atoms with van der Waals surface area (Å²) in [6.07, 6.45) is 1.82. The van der Waals surface area contributed by atoms with Crippen LogP contribution in [0.3, 0.4) is 0 Å². The molecule has 5 heteroatoms. The van der Waals surface area contributed by atoms with Crippen molar-refractivity contribution in [3.05, 3.63) is 58.6 Å². The summed E-state index contributed by atoms with van der Waals surface area (Å²) in [5, 5.41) is 2.98. The van der Waals surface area contributed by atoms with Crippen LogP contribution < -0.4 is 5.32 Å². The van der Waals surface area contributed by atoms with E-state index in [0.717, 1.165) is 0 Å². The van der Waals surface area contributed by atoms with Gasteiger partial charge in [-0.05, 0) is 31.2 Å². The number of carbonyl (C=O) groups excluding carboxylic acids is 1. The smallest absolute Gasteiger partial charge is 0.268 e. The summed E-state index contributed by atoms with van der Waals surface area (Å²) in [6.45, 7) is 2.72. The molecule has 2 rings (SSSR count). The molecule has 0 saturated heterocycles. The standard InChI is InChI=1S/C14H14ClFN2O/c1-2-18-8-4-7-13(18)14(19)17-9-10-11(15)5-3-6-12(10)16/h3-8H,2,9H2,1H3,(H,17,19). The second kappa shape index (κ2) is 5.89. The molecular formula is C14H14ClFN2O. The molecule has 0 saturated carbocycles. The molecule has 100 valence electrons. The van der Waals surface area contributed by atoms with E-state index < -0.39 is 5.82 Å². The van der Waals surface area contributed by atoms with Crippen molar-refractivity contribution in [2.75, 3.05) is 0 Å². The van der Waals surface area contributed by atoms with Gasteiger partial charge in [0, 0.05) is 29.9 Å². The van der Waals surface area contributed by atoms with Crippen LogP contribution in [0, 0.1) is 5.82 Å². The van der Waals surface area contributed by atoms with Crippen molar-refractivity contribution >= 4 is 17.5 Å². The van der Waals surface area contributed by atoms with E-state index in [9.17, 15) is 9.18 Å². The molecule has 0 aliphatic heterocycles. The molecule has 0 aliphatic carbocycles. The van der Waals surface area contributed by atoms with Crippen molar-refractivity contribution in [1.29, 1.82) is 0 Å². The Bertz CT molecular complexity index is 575. The highest BCUT2D eigenvalue weighted by atomic mass is 35.5. The van der Waals surface area contributed by atoms with Gasteiger partial charge in [-0.3, -0.25) is 4.79 Å². The van der Waals surface area contributed by atoms with Crippen LogP contribution in [0.4, 0.5) is 4.39 Å². The molecule has 1 aromatic carbocycles. The Hall–Kier alpha value is -1.81. The van der Waals surface area contributed by atoms with Crippen molar-refractivity contribution < 1.29 is 9.18 Å². The Kier molecular flexibility index (Phi) is 4.22. The first-order valence-electron chi connectivity index (χ1n) is 5.99. The fourth-order valence-electron chi connectivity index (χ4n) is 1.86. The molecule has 0 radical (unpaired) electrons. The number of hydrogen-bond donors (Lipinski definition) is 1. The molecule has 1 amide bonds. The predicted molar refractivity (Wildman–Crippen MR) is 72.7 cm³/mol. The molecule has 19 heavy (non-hydrogen) atoms. The van der Waals surface area contributed by atoms with E-state index >= 15 is 0 Å². The summed E-state index contributed by atoms with van der Waals surface area (Å²) >= 11 is 5.90.